The molecule has 0 aliphatic rings. The van der Waals surface area contributed by atoms with E-state index in [0.29, 0.717) is 5.75 Å². The van der Waals surface area contributed by atoms with Gasteiger partial charge in [0.15, 0.2) is 0 Å². The number of nitrogens with zero attached hydrogens (tertiary/aromatic N) is 1. The van der Waals surface area contributed by atoms with Crippen molar-refractivity contribution in [1.29, 1.82) is 0 Å². The first kappa shape index (κ1) is 12.5. The molecule has 2 aromatic rings. The Kier molecular flexibility index (Phi) is 3.87. The second-order valence-electron chi connectivity index (χ2n) is 3.83. The van der Waals surface area contributed by atoms with Crippen LogP contribution in [0.25, 0.3) is 0 Å². The van der Waals surface area contributed by atoms with E-state index < -0.39 is 5.82 Å². The second kappa shape index (κ2) is 5.58. The second-order valence-corrected chi connectivity index (χ2v) is 3.83. The number of hydrogen-bond donors (Lipinski definition) is 0. The van der Waals surface area contributed by atoms with Gasteiger partial charge in [-0.3, -0.25) is 4.98 Å². The first-order chi connectivity index (χ1) is 8.70. The SMILES string of the molecule is CCc1ccc(F)cc1OCc1ncccc1F. The normalized spacial score (nSPS) is 10.4. The van der Waals surface area contributed by atoms with Crippen LogP contribution in [0.5, 0.6) is 5.75 Å². The topological polar surface area (TPSA) is 22.1 Å². The highest BCUT2D eigenvalue weighted by Gasteiger charge is 2.07. The Morgan fingerprint density at radius 2 is 2.06 bits per heavy atom. The molecule has 0 saturated carbocycles. The summed E-state index contributed by atoms with van der Waals surface area (Å²) in [5, 5.41) is 0. The summed E-state index contributed by atoms with van der Waals surface area (Å²) in [7, 11) is 0. The zero-order valence-corrected chi connectivity index (χ0v) is 9.99. The minimum absolute atomic E-state index is 0.0108. The Morgan fingerprint density at radius 3 is 2.78 bits per heavy atom. The molecular formula is C14H13F2NO. The van der Waals surface area contributed by atoms with E-state index in [1.54, 1.807) is 6.07 Å². The average molecular weight is 249 g/mol. The summed E-state index contributed by atoms with van der Waals surface area (Å²) in [5.74, 6) is -0.363. The van der Waals surface area contributed by atoms with E-state index in [1.807, 2.05) is 6.92 Å². The van der Waals surface area contributed by atoms with Gasteiger partial charge in [0.1, 0.15) is 29.7 Å². The molecule has 0 spiro atoms. The summed E-state index contributed by atoms with van der Waals surface area (Å²) >= 11 is 0. The van der Waals surface area contributed by atoms with Crippen molar-refractivity contribution in [2.24, 2.45) is 0 Å². The highest BCUT2D eigenvalue weighted by molar-refractivity contribution is 5.34. The molecule has 0 fully saturated rings. The van der Waals surface area contributed by atoms with Crippen LogP contribution in [0.1, 0.15) is 18.2 Å². The van der Waals surface area contributed by atoms with Crippen LogP contribution in [-0.4, -0.2) is 4.98 Å². The standard InChI is InChI=1S/C14H13F2NO/c1-2-10-5-6-11(15)8-14(10)18-9-13-12(16)4-3-7-17-13/h3-8H,2,9H2,1H3. The van der Waals surface area contributed by atoms with Crippen molar-refractivity contribution in [3.8, 4) is 5.75 Å². The lowest BCUT2D eigenvalue weighted by Crippen LogP contribution is -2.03. The quantitative estimate of drug-likeness (QED) is 0.827. The third-order valence-corrected chi connectivity index (χ3v) is 2.61. The van der Waals surface area contributed by atoms with Gasteiger partial charge >= 0.3 is 0 Å². The predicted molar refractivity (Wildman–Crippen MR) is 64.3 cm³/mol. The molecule has 0 bridgehead atoms. The van der Waals surface area contributed by atoms with E-state index in [-0.39, 0.29) is 18.1 Å². The maximum atomic E-state index is 13.3. The molecular weight excluding hydrogens is 236 g/mol. The molecule has 0 atom stereocenters. The van der Waals surface area contributed by atoms with Crippen molar-refractivity contribution in [2.45, 2.75) is 20.0 Å². The first-order valence-corrected chi connectivity index (χ1v) is 5.71. The molecule has 94 valence electrons. The predicted octanol–water partition coefficient (Wildman–Crippen LogP) is 3.50. The highest BCUT2D eigenvalue weighted by Crippen LogP contribution is 2.21. The van der Waals surface area contributed by atoms with Gasteiger partial charge in [0, 0.05) is 12.3 Å². The molecule has 0 unspecified atom stereocenters. The number of aryl methyl sites for hydroxylation is 1. The largest absolute Gasteiger partial charge is 0.487 e. The van der Waals surface area contributed by atoms with Gasteiger partial charge in [-0.15, -0.1) is 0 Å². The maximum Gasteiger partial charge on any atom is 0.148 e. The van der Waals surface area contributed by atoms with Gasteiger partial charge in [0.2, 0.25) is 0 Å². The fourth-order valence-electron chi connectivity index (χ4n) is 1.63. The summed E-state index contributed by atoms with van der Waals surface area (Å²) in [5.41, 5.74) is 1.09. The van der Waals surface area contributed by atoms with Gasteiger partial charge in [0.05, 0.1) is 0 Å². The van der Waals surface area contributed by atoms with Crippen LogP contribution in [0.3, 0.4) is 0 Å². The summed E-state index contributed by atoms with van der Waals surface area (Å²) in [6, 6.07) is 7.18. The van der Waals surface area contributed by atoms with Gasteiger partial charge in [-0.25, -0.2) is 8.78 Å². The summed E-state index contributed by atoms with van der Waals surface area (Å²) in [6.45, 7) is 1.94. The van der Waals surface area contributed by atoms with E-state index in [4.69, 9.17) is 4.74 Å². The van der Waals surface area contributed by atoms with Crippen LogP contribution in [0, 0.1) is 11.6 Å². The zero-order chi connectivity index (χ0) is 13.0. The Balaban J connectivity index is 2.15. The summed E-state index contributed by atoms with van der Waals surface area (Å²) < 4.78 is 31.9. The van der Waals surface area contributed by atoms with E-state index in [1.165, 1.54) is 30.5 Å². The third-order valence-electron chi connectivity index (χ3n) is 2.61. The number of benzene rings is 1. The summed E-state index contributed by atoms with van der Waals surface area (Å²) in [6.07, 6.45) is 2.22. The number of halogens is 2. The van der Waals surface area contributed by atoms with Crippen molar-refractivity contribution in [3.05, 3.63) is 59.4 Å². The number of hydrogen-bond acceptors (Lipinski definition) is 2. The fourth-order valence-corrected chi connectivity index (χ4v) is 1.63. The monoisotopic (exact) mass is 249 g/mol. The van der Waals surface area contributed by atoms with Crippen LogP contribution in [0.2, 0.25) is 0 Å². The van der Waals surface area contributed by atoms with Crippen LogP contribution in [0.4, 0.5) is 8.78 Å². The Bertz CT molecular complexity index is 543. The molecule has 1 aromatic heterocycles. The van der Waals surface area contributed by atoms with Gasteiger partial charge < -0.3 is 4.74 Å². The maximum absolute atomic E-state index is 13.3. The lowest BCUT2D eigenvalue weighted by Gasteiger charge is -2.10. The number of ether oxygens (including phenoxy) is 1. The number of pyridine rings is 1. The lowest BCUT2D eigenvalue weighted by molar-refractivity contribution is 0.290. The van der Waals surface area contributed by atoms with Crippen molar-refractivity contribution in [2.75, 3.05) is 0 Å². The molecule has 1 aromatic carbocycles. The van der Waals surface area contributed by atoms with E-state index >= 15 is 0 Å². The smallest absolute Gasteiger partial charge is 0.148 e. The highest BCUT2D eigenvalue weighted by atomic mass is 19.1. The molecule has 18 heavy (non-hydrogen) atoms. The van der Waals surface area contributed by atoms with E-state index in [2.05, 4.69) is 4.98 Å². The van der Waals surface area contributed by atoms with Crippen molar-refractivity contribution >= 4 is 0 Å². The molecule has 0 N–H and O–H groups in total. The third kappa shape index (κ3) is 2.83. The van der Waals surface area contributed by atoms with Gasteiger partial charge in [-0.1, -0.05) is 13.0 Å². The zero-order valence-electron chi connectivity index (χ0n) is 9.99. The van der Waals surface area contributed by atoms with E-state index in [9.17, 15) is 8.78 Å². The van der Waals surface area contributed by atoms with Crippen LogP contribution >= 0.6 is 0 Å². The molecule has 0 amide bonds. The van der Waals surface area contributed by atoms with Gasteiger partial charge in [0.25, 0.3) is 0 Å². The molecule has 2 rings (SSSR count). The van der Waals surface area contributed by atoms with Crippen molar-refractivity contribution in [1.82, 2.24) is 4.98 Å². The van der Waals surface area contributed by atoms with Crippen LogP contribution in [0.15, 0.2) is 36.5 Å². The van der Waals surface area contributed by atoms with Gasteiger partial charge in [-0.05, 0) is 30.2 Å². The van der Waals surface area contributed by atoms with Crippen LogP contribution in [-0.2, 0) is 13.0 Å². The van der Waals surface area contributed by atoms with Crippen LogP contribution < -0.4 is 4.74 Å². The Hall–Kier alpha value is -1.97. The summed E-state index contributed by atoms with van der Waals surface area (Å²) in [4.78, 5) is 3.88. The van der Waals surface area contributed by atoms with E-state index in [0.717, 1.165) is 12.0 Å². The molecule has 0 aliphatic carbocycles. The molecule has 2 nitrogen and oxygen atoms in total. The fraction of sp³-hybridized carbons (Fsp3) is 0.214. The Morgan fingerprint density at radius 1 is 1.22 bits per heavy atom. The first-order valence-electron chi connectivity index (χ1n) is 5.71. The Labute approximate surface area is 104 Å². The minimum atomic E-state index is -0.424. The molecule has 4 heteroatoms. The molecule has 0 radical (unpaired) electrons. The molecule has 1 heterocycles. The number of rotatable bonds is 4. The van der Waals surface area contributed by atoms with Crippen molar-refractivity contribution < 1.29 is 13.5 Å². The van der Waals surface area contributed by atoms with Gasteiger partial charge in [-0.2, -0.15) is 0 Å². The average Bonchev–Trinajstić information content (AvgIpc) is 2.38. The lowest BCUT2D eigenvalue weighted by atomic mass is 10.1. The molecule has 0 saturated heterocycles. The molecule has 0 aliphatic heterocycles. The number of aromatic nitrogens is 1. The van der Waals surface area contributed by atoms with Crippen molar-refractivity contribution in [3.63, 3.8) is 0 Å². The minimum Gasteiger partial charge on any atom is -0.487 e.